The van der Waals surface area contributed by atoms with Gasteiger partial charge >= 0.3 is 0 Å². The number of fused-ring (bicyclic) bond motifs is 6. The van der Waals surface area contributed by atoms with Crippen LogP contribution in [0.15, 0.2) is 188 Å². The summed E-state index contributed by atoms with van der Waals surface area (Å²) in [5.74, 6) is 0. The van der Waals surface area contributed by atoms with Crippen LogP contribution in [0.1, 0.15) is 37.0 Å². The van der Waals surface area contributed by atoms with E-state index >= 15 is 0 Å². The lowest BCUT2D eigenvalue weighted by Gasteiger charge is -2.28. The Labute approximate surface area is 312 Å². The molecule has 1 unspecified atom stereocenters. The van der Waals surface area contributed by atoms with E-state index in [1.807, 2.05) is 0 Å². The van der Waals surface area contributed by atoms with Crippen molar-refractivity contribution in [1.82, 2.24) is 0 Å². The Morgan fingerprint density at radius 2 is 1.09 bits per heavy atom. The van der Waals surface area contributed by atoms with Gasteiger partial charge in [-0.1, -0.05) is 141 Å². The van der Waals surface area contributed by atoms with Crippen molar-refractivity contribution in [2.24, 2.45) is 0 Å². The molecule has 0 amide bonds. The van der Waals surface area contributed by atoms with Gasteiger partial charge < -0.3 is 9.80 Å². The van der Waals surface area contributed by atoms with Gasteiger partial charge in [-0.05, 0) is 117 Å². The maximum absolute atomic E-state index is 2.51. The Morgan fingerprint density at radius 1 is 0.509 bits per heavy atom. The first-order valence-electron chi connectivity index (χ1n) is 18.7. The topological polar surface area (TPSA) is 6.48 Å². The van der Waals surface area contributed by atoms with Crippen molar-refractivity contribution in [3.05, 3.63) is 205 Å². The molecule has 10 rings (SSSR count). The summed E-state index contributed by atoms with van der Waals surface area (Å²) < 4.78 is 0. The highest BCUT2D eigenvalue weighted by Crippen LogP contribution is 2.51. The Balaban J connectivity index is 1.04. The highest BCUT2D eigenvalue weighted by Gasteiger charge is 2.36. The first kappa shape index (κ1) is 31.4. The first-order chi connectivity index (χ1) is 26.0. The molecule has 2 nitrogen and oxygen atoms in total. The monoisotopic (exact) mass is 680 g/mol. The van der Waals surface area contributed by atoms with E-state index in [9.17, 15) is 0 Å². The van der Waals surface area contributed by atoms with E-state index in [4.69, 9.17) is 0 Å². The van der Waals surface area contributed by atoms with Gasteiger partial charge in [-0.3, -0.25) is 0 Å². The highest BCUT2D eigenvalue weighted by atomic mass is 15.2. The van der Waals surface area contributed by atoms with Gasteiger partial charge in [-0.25, -0.2) is 0 Å². The lowest BCUT2D eigenvalue weighted by molar-refractivity contribution is 0.660. The number of allylic oxidation sites excluding steroid dienone is 2. The lowest BCUT2D eigenvalue weighted by atomic mass is 9.82. The van der Waals surface area contributed by atoms with Crippen molar-refractivity contribution in [1.29, 1.82) is 0 Å². The molecule has 0 saturated heterocycles. The van der Waals surface area contributed by atoms with Crippen molar-refractivity contribution in [2.45, 2.75) is 31.7 Å². The van der Waals surface area contributed by atoms with Gasteiger partial charge in [-0.15, -0.1) is 0 Å². The van der Waals surface area contributed by atoms with Crippen LogP contribution in [0.5, 0.6) is 0 Å². The fraction of sp³-hybridized carbons (Fsp3) is 0.0980. The molecule has 0 bridgehead atoms. The van der Waals surface area contributed by atoms with Gasteiger partial charge in [0.15, 0.2) is 0 Å². The number of hydrogen-bond acceptors (Lipinski definition) is 2. The van der Waals surface area contributed by atoms with Crippen LogP contribution in [0, 0.1) is 0 Å². The molecule has 1 atom stereocenters. The molecule has 7 aromatic carbocycles. The Morgan fingerprint density at radius 3 is 1.83 bits per heavy atom. The van der Waals surface area contributed by atoms with Crippen molar-refractivity contribution in [3.63, 3.8) is 0 Å². The van der Waals surface area contributed by atoms with E-state index in [0.717, 1.165) is 23.5 Å². The van der Waals surface area contributed by atoms with Crippen LogP contribution in [-0.4, -0.2) is 6.04 Å². The van der Waals surface area contributed by atoms with Crippen LogP contribution in [0.4, 0.5) is 28.4 Å². The maximum atomic E-state index is 2.51. The van der Waals surface area contributed by atoms with E-state index in [0.29, 0.717) is 6.04 Å². The predicted molar refractivity (Wildman–Crippen MR) is 224 cm³/mol. The van der Waals surface area contributed by atoms with Crippen LogP contribution >= 0.6 is 0 Å². The largest absolute Gasteiger partial charge is 0.333 e. The predicted octanol–water partition coefficient (Wildman–Crippen LogP) is 13.7. The average Bonchev–Trinajstić information content (AvgIpc) is 3.67. The molecule has 0 aromatic heterocycles. The van der Waals surface area contributed by atoms with Gasteiger partial charge in [0.05, 0.1) is 6.04 Å². The zero-order chi connectivity index (χ0) is 35.5. The molecule has 7 aromatic rings. The standard InChI is InChI=1S/C51H40N2/c1-51(2)47-19-11-9-17-43(47)44-31-30-42(34-48(44)51)52(40-26-21-36(22-27-40)35-13-5-3-6-14-35)41-28-23-37(24-29-41)38-25-32-50-46(33-38)45-18-10-12-20-49(45)53(50)39-15-7-4-8-16-39/h3-19,21-34,49H,20H2,1-2H3. The number of para-hydroxylation sites is 1. The van der Waals surface area contributed by atoms with E-state index in [2.05, 4.69) is 212 Å². The van der Waals surface area contributed by atoms with Gasteiger partial charge in [0.1, 0.15) is 0 Å². The summed E-state index contributed by atoms with van der Waals surface area (Å²) in [6.45, 7) is 4.71. The fourth-order valence-electron chi connectivity index (χ4n) is 8.88. The summed E-state index contributed by atoms with van der Waals surface area (Å²) in [5, 5.41) is 0. The molecule has 2 heteroatoms. The van der Waals surface area contributed by atoms with Crippen molar-refractivity contribution >= 4 is 34.0 Å². The zero-order valence-electron chi connectivity index (χ0n) is 30.1. The molecule has 1 aliphatic heterocycles. The third-order valence-corrected chi connectivity index (χ3v) is 11.6. The molecule has 1 heterocycles. The molecule has 0 fully saturated rings. The third kappa shape index (κ3) is 5.17. The quantitative estimate of drug-likeness (QED) is 0.172. The fourth-order valence-corrected chi connectivity index (χ4v) is 8.88. The normalized spacial score (nSPS) is 16.0. The Hall–Kier alpha value is -6.38. The Bertz CT molecular complexity index is 2540. The zero-order valence-corrected chi connectivity index (χ0v) is 30.1. The third-order valence-electron chi connectivity index (χ3n) is 11.6. The summed E-state index contributed by atoms with van der Waals surface area (Å²) in [5.41, 5.74) is 18.9. The summed E-state index contributed by atoms with van der Waals surface area (Å²) >= 11 is 0. The molecule has 53 heavy (non-hydrogen) atoms. The van der Waals surface area contributed by atoms with E-state index in [1.165, 1.54) is 67.0 Å². The molecule has 0 saturated carbocycles. The van der Waals surface area contributed by atoms with Crippen LogP contribution in [0.2, 0.25) is 0 Å². The molecule has 0 spiro atoms. The highest BCUT2D eigenvalue weighted by molar-refractivity contribution is 5.95. The van der Waals surface area contributed by atoms with Gasteiger partial charge in [-0.2, -0.15) is 0 Å². The van der Waals surface area contributed by atoms with Crippen molar-refractivity contribution < 1.29 is 0 Å². The van der Waals surface area contributed by atoms with Gasteiger partial charge in [0.2, 0.25) is 0 Å². The van der Waals surface area contributed by atoms with Crippen molar-refractivity contribution in [2.75, 3.05) is 9.80 Å². The molecule has 0 N–H and O–H groups in total. The minimum atomic E-state index is -0.0825. The number of nitrogens with zero attached hydrogens (tertiary/aromatic N) is 2. The Kier molecular flexibility index (Phi) is 7.33. The van der Waals surface area contributed by atoms with Gasteiger partial charge in [0, 0.05) is 39.4 Å². The second-order valence-corrected chi connectivity index (χ2v) is 14.9. The second-order valence-electron chi connectivity index (χ2n) is 14.9. The molecule has 2 aliphatic carbocycles. The van der Waals surface area contributed by atoms with Crippen LogP contribution in [0.25, 0.3) is 39.0 Å². The van der Waals surface area contributed by atoms with Crippen LogP contribution in [-0.2, 0) is 5.41 Å². The van der Waals surface area contributed by atoms with Gasteiger partial charge in [0.25, 0.3) is 0 Å². The lowest BCUT2D eigenvalue weighted by Crippen LogP contribution is -2.26. The average molecular weight is 681 g/mol. The summed E-state index contributed by atoms with van der Waals surface area (Å²) in [6, 6.07) is 62.8. The van der Waals surface area contributed by atoms with Crippen molar-refractivity contribution in [3.8, 4) is 33.4 Å². The number of anilines is 5. The first-order valence-corrected chi connectivity index (χ1v) is 18.7. The van der Waals surface area contributed by atoms with E-state index < -0.39 is 0 Å². The maximum Gasteiger partial charge on any atom is 0.0632 e. The minimum absolute atomic E-state index is 0.0825. The molecule has 254 valence electrons. The van der Waals surface area contributed by atoms with Crippen LogP contribution < -0.4 is 9.80 Å². The molecule has 0 radical (unpaired) electrons. The smallest absolute Gasteiger partial charge is 0.0632 e. The SMILES string of the molecule is CC1(C)c2ccccc2-c2ccc(N(c3ccc(-c4ccccc4)cc3)c3ccc(-c4ccc5c(c4)C4=CC=CCC4N5c4ccccc4)cc3)cc21. The van der Waals surface area contributed by atoms with Crippen LogP contribution in [0.3, 0.4) is 0 Å². The molecular formula is C51H40N2. The summed E-state index contributed by atoms with van der Waals surface area (Å²) in [4.78, 5) is 4.91. The number of benzene rings is 7. The molecule has 3 aliphatic rings. The van der Waals surface area contributed by atoms with E-state index in [-0.39, 0.29) is 5.41 Å². The molecular weight excluding hydrogens is 641 g/mol. The number of hydrogen-bond donors (Lipinski definition) is 0. The second kappa shape index (κ2) is 12.4. The number of rotatable bonds is 6. The van der Waals surface area contributed by atoms with E-state index in [1.54, 1.807) is 0 Å². The summed E-state index contributed by atoms with van der Waals surface area (Å²) in [6.07, 6.45) is 7.82. The minimum Gasteiger partial charge on any atom is -0.333 e. The summed E-state index contributed by atoms with van der Waals surface area (Å²) in [7, 11) is 0.